The van der Waals surface area contributed by atoms with Crippen molar-refractivity contribution in [1.29, 1.82) is 0 Å². The normalized spacial score (nSPS) is 12.8. The molecule has 0 nitrogen and oxygen atoms in total. The second-order valence-electron chi connectivity index (χ2n) is 4.40. The van der Waals surface area contributed by atoms with Crippen LogP contribution in [-0.2, 0) is 0 Å². The molecule has 0 saturated heterocycles. The number of rotatable bonds is 2. The lowest BCUT2D eigenvalue weighted by molar-refractivity contribution is 1.18. The monoisotopic (exact) mass is 272 g/mol. The van der Waals surface area contributed by atoms with Crippen LogP contribution < -0.4 is 0 Å². The van der Waals surface area contributed by atoms with Crippen LogP contribution in [0.5, 0.6) is 0 Å². The molecule has 1 aromatic heterocycles. The van der Waals surface area contributed by atoms with Gasteiger partial charge in [0.05, 0.1) is 5.38 Å². The first-order chi connectivity index (χ1) is 8.77. The highest BCUT2D eigenvalue weighted by Gasteiger charge is 2.16. The van der Waals surface area contributed by atoms with Crippen molar-refractivity contribution in [2.75, 3.05) is 0 Å². The summed E-state index contributed by atoms with van der Waals surface area (Å²) < 4.78 is 0. The summed E-state index contributed by atoms with van der Waals surface area (Å²) in [6.07, 6.45) is 0. The summed E-state index contributed by atoms with van der Waals surface area (Å²) in [4.78, 5) is 1.24. The highest BCUT2D eigenvalue weighted by molar-refractivity contribution is 7.10. The molecule has 0 amide bonds. The van der Waals surface area contributed by atoms with Gasteiger partial charge in [0.15, 0.2) is 0 Å². The Kier molecular flexibility index (Phi) is 3.11. The lowest BCUT2D eigenvalue weighted by Gasteiger charge is -2.12. The molecule has 3 aromatic rings. The summed E-state index contributed by atoms with van der Waals surface area (Å²) in [5.74, 6) is 0. The van der Waals surface area contributed by atoms with Crippen molar-refractivity contribution < 1.29 is 0 Å². The molecule has 0 aliphatic heterocycles. The van der Waals surface area contributed by atoms with Crippen LogP contribution in [0.3, 0.4) is 0 Å². The lowest BCUT2D eigenvalue weighted by atomic mass is 10.0. The fourth-order valence-corrected chi connectivity index (χ4v) is 3.69. The van der Waals surface area contributed by atoms with Crippen molar-refractivity contribution in [3.8, 4) is 0 Å². The van der Waals surface area contributed by atoms with Gasteiger partial charge in [-0.3, -0.25) is 0 Å². The highest BCUT2D eigenvalue weighted by atomic mass is 35.5. The number of aryl methyl sites for hydroxylation is 1. The first-order valence-electron chi connectivity index (χ1n) is 5.93. The molecule has 0 saturated carbocycles. The van der Waals surface area contributed by atoms with Gasteiger partial charge < -0.3 is 0 Å². The van der Waals surface area contributed by atoms with Crippen LogP contribution in [0.4, 0.5) is 0 Å². The Labute approximate surface area is 116 Å². The standard InChI is InChI=1S/C16H13ClS/c1-11-9-10-18-16(11)15(17)14-8-4-6-12-5-2-3-7-13(12)14/h2-10,15H,1H3. The minimum absolute atomic E-state index is 0.0592. The maximum atomic E-state index is 6.67. The molecular formula is C16H13ClS. The van der Waals surface area contributed by atoms with E-state index in [-0.39, 0.29) is 5.38 Å². The average Bonchev–Trinajstić information content (AvgIpc) is 2.83. The molecular weight excluding hydrogens is 260 g/mol. The van der Waals surface area contributed by atoms with Gasteiger partial charge in [-0.15, -0.1) is 22.9 Å². The van der Waals surface area contributed by atoms with Crippen LogP contribution in [0.1, 0.15) is 21.4 Å². The molecule has 0 radical (unpaired) electrons. The van der Waals surface area contributed by atoms with Gasteiger partial charge >= 0.3 is 0 Å². The second kappa shape index (κ2) is 4.75. The largest absolute Gasteiger partial charge is 0.147 e. The Hall–Kier alpha value is -1.31. The van der Waals surface area contributed by atoms with E-state index in [0.717, 1.165) is 0 Å². The predicted molar refractivity (Wildman–Crippen MR) is 80.7 cm³/mol. The molecule has 0 aliphatic carbocycles. The van der Waals surface area contributed by atoms with E-state index in [1.807, 2.05) is 0 Å². The number of fused-ring (bicyclic) bond motifs is 1. The van der Waals surface area contributed by atoms with E-state index in [1.54, 1.807) is 11.3 Å². The Morgan fingerprint density at radius 2 is 1.78 bits per heavy atom. The highest BCUT2D eigenvalue weighted by Crippen LogP contribution is 2.37. The number of halogens is 1. The molecule has 0 fully saturated rings. The molecule has 0 N–H and O–H groups in total. The summed E-state index contributed by atoms with van der Waals surface area (Å²) in [6.45, 7) is 2.12. The summed E-state index contributed by atoms with van der Waals surface area (Å²) >= 11 is 8.40. The summed E-state index contributed by atoms with van der Waals surface area (Å²) in [7, 11) is 0. The summed E-state index contributed by atoms with van der Waals surface area (Å²) in [5.41, 5.74) is 2.47. The Balaban J connectivity index is 2.18. The molecule has 1 unspecified atom stereocenters. The smallest absolute Gasteiger partial charge is 0.0936 e. The van der Waals surface area contributed by atoms with Crippen molar-refractivity contribution in [1.82, 2.24) is 0 Å². The SMILES string of the molecule is Cc1ccsc1C(Cl)c1cccc2ccccc12. The van der Waals surface area contributed by atoms with Crippen LogP contribution >= 0.6 is 22.9 Å². The molecule has 0 bridgehead atoms. The zero-order chi connectivity index (χ0) is 12.5. The molecule has 0 aliphatic rings. The minimum Gasteiger partial charge on any atom is -0.147 e. The van der Waals surface area contributed by atoms with Gasteiger partial charge in [-0.25, -0.2) is 0 Å². The van der Waals surface area contributed by atoms with Crippen molar-refractivity contribution in [3.63, 3.8) is 0 Å². The Morgan fingerprint density at radius 3 is 2.56 bits per heavy atom. The van der Waals surface area contributed by atoms with Gasteiger partial charge in [-0.05, 0) is 40.3 Å². The molecule has 1 heterocycles. The lowest BCUT2D eigenvalue weighted by Crippen LogP contribution is -1.93. The first-order valence-corrected chi connectivity index (χ1v) is 7.24. The molecule has 18 heavy (non-hydrogen) atoms. The minimum atomic E-state index is -0.0592. The van der Waals surface area contributed by atoms with Crippen molar-refractivity contribution in [3.05, 3.63) is 69.9 Å². The van der Waals surface area contributed by atoms with Gasteiger partial charge in [0.25, 0.3) is 0 Å². The van der Waals surface area contributed by atoms with Crippen molar-refractivity contribution >= 4 is 33.7 Å². The van der Waals surface area contributed by atoms with E-state index in [4.69, 9.17) is 11.6 Å². The third-order valence-corrected chi connectivity index (χ3v) is 4.89. The molecule has 1 atom stereocenters. The zero-order valence-corrected chi connectivity index (χ0v) is 11.6. The predicted octanol–water partition coefficient (Wildman–Crippen LogP) is 5.54. The Bertz CT molecular complexity index is 679. The third kappa shape index (κ3) is 1.94. The fraction of sp³-hybridized carbons (Fsp3) is 0.125. The van der Waals surface area contributed by atoms with Crippen LogP contribution in [0, 0.1) is 6.92 Å². The summed E-state index contributed by atoms with van der Waals surface area (Å²) in [5, 5.41) is 4.53. The van der Waals surface area contributed by atoms with Gasteiger partial charge in [-0.1, -0.05) is 42.5 Å². The third-order valence-electron chi connectivity index (χ3n) is 3.23. The number of hydrogen-bond donors (Lipinski definition) is 0. The molecule has 90 valence electrons. The number of alkyl halides is 1. The van der Waals surface area contributed by atoms with Gasteiger partial charge in [0.2, 0.25) is 0 Å². The molecule has 0 spiro atoms. The van der Waals surface area contributed by atoms with Crippen LogP contribution in [-0.4, -0.2) is 0 Å². The van der Waals surface area contributed by atoms with E-state index in [2.05, 4.69) is 60.8 Å². The van der Waals surface area contributed by atoms with Crippen LogP contribution in [0.25, 0.3) is 10.8 Å². The summed E-state index contributed by atoms with van der Waals surface area (Å²) in [6, 6.07) is 16.9. The second-order valence-corrected chi connectivity index (χ2v) is 5.78. The maximum absolute atomic E-state index is 6.67. The fourth-order valence-electron chi connectivity index (χ4n) is 2.26. The first kappa shape index (κ1) is 11.8. The average molecular weight is 273 g/mol. The quantitative estimate of drug-likeness (QED) is 0.538. The zero-order valence-electron chi connectivity index (χ0n) is 10.1. The van der Waals surface area contributed by atoms with E-state index in [0.29, 0.717) is 0 Å². The molecule has 2 heteroatoms. The van der Waals surface area contributed by atoms with Crippen LogP contribution in [0.2, 0.25) is 0 Å². The van der Waals surface area contributed by atoms with E-state index >= 15 is 0 Å². The molecule has 3 rings (SSSR count). The number of thiophene rings is 1. The number of benzene rings is 2. The van der Waals surface area contributed by atoms with E-state index in [1.165, 1.54) is 26.8 Å². The van der Waals surface area contributed by atoms with Crippen LogP contribution in [0.15, 0.2) is 53.9 Å². The van der Waals surface area contributed by atoms with Gasteiger partial charge in [0.1, 0.15) is 0 Å². The topological polar surface area (TPSA) is 0 Å². The van der Waals surface area contributed by atoms with Gasteiger partial charge in [0, 0.05) is 4.88 Å². The van der Waals surface area contributed by atoms with E-state index in [9.17, 15) is 0 Å². The van der Waals surface area contributed by atoms with E-state index < -0.39 is 0 Å². The molecule has 2 aromatic carbocycles. The van der Waals surface area contributed by atoms with Crippen molar-refractivity contribution in [2.45, 2.75) is 12.3 Å². The Morgan fingerprint density at radius 1 is 1.00 bits per heavy atom. The van der Waals surface area contributed by atoms with Gasteiger partial charge in [-0.2, -0.15) is 0 Å². The van der Waals surface area contributed by atoms with Crippen molar-refractivity contribution in [2.24, 2.45) is 0 Å². The maximum Gasteiger partial charge on any atom is 0.0936 e. The number of hydrogen-bond acceptors (Lipinski definition) is 1.